The maximum atomic E-state index is 12.4. The Hall–Kier alpha value is -1.60. The quantitative estimate of drug-likeness (QED) is 0.723. The van der Waals surface area contributed by atoms with Gasteiger partial charge in [0.1, 0.15) is 5.82 Å². The van der Waals surface area contributed by atoms with E-state index in [0.29, 0.717) is 6.20 Å². The molecule has 0 spiro atoms. The molecule has 1 heterocycles. The van der Waals surface area contributed by atoms with E-state index in [1.54, 1.807) is 0 Å². The van der Waals surface area contributed by atoms with Crippen molar-refractivity contribution in [2.75, 3.05) is 11.5 Å². The summed E-state index contributed by atoms with van der Waals surface area (Å²) in [6.45, 7) is 0. The van der Waals surface area contributed by atoms with Crippen molar-refractivity contribution in [2.24, 2.45) is 0 Å². The van der Waals surface area contributed by atoms with Crippen LogP contribution in [0.4, 0.5) is 33.5 Å². The molecule has 0 radical (unpaired) electrons. The van der Waals surface area contributed by atoms with E-state index in [9.17, 15) is 22.0 Å². The summed E-state index contributed by atoms with van der Waals surface area (Å²) in [5.74, 6) is -0.619. The fourth-order valence-electron chi connectivity index (χ4n) is 1.04. The van der Waals surface area contributed by atoms with Crippen LogP contribution in [0.15, 0.2) is 6.20 Å². The van der Waals surface area contributed by atoms with E-state index in [-0.39, 0.29) is 0 Å². The summed E-state index contributed by atoms with van der Waals surface area (Å²) in [5, 5.41) is 0. The van der Waals surface area contributed by atoms with Gasteiger partial charge < -0.3 is 11.5 Å². The van der Waals surface area contributed by atoms with Crippen molar-refractivity contribution in [3.8, 4) is 0 Å². The number of nitrogens with zero attached hydrogens (tertiary/aromatic N) is 1. The standard InChI is InChI=1S/C7H6F5N3/c8-5(9)2-1-15-6(14)4(13)3(2)7(10,11)12/h1,5H,13H2,(H2,14,15). The van der Waals surface area contributed by atoms with Crippen molar-refractivity contribution in [1.29, 1.82) is 0 Å². The number of hydrogen-bond acceptors (Lipinski definition) is 3. The predicted molar refractivity (Wildman–Crippen MR) is 43.0 cm³/mol. The van der Waals surface area contributed by atoms with Crippen LogP contribution in [0, 0.1) is 0 Å². The minimum atomic E-state index is -4.98. The number of anilines is 2. The van der Waals surface area contributed by atoms with Gasteiger partial charge >= 0.3 is 6.18 Å². The molecule has 0 aliphatic heterocycles. The van der Waals surface area contributed by atoms with Crippen molar-refractivity contribution in [2.45, 2.75) is 12.6 Å². The zero-order chi connectivity index (χ0) is 11.8. The van der Waals surface area contributed by atoms with Crippen LogP contribution in [0.2, 0.25) is 0 Å². The molecule has 8 heteroatoms. The highest BCUT2D eigenvalue weighted by Gasteiger charge is 2.39. The Balaban J connectivity index is 3.49. The van der Waals surface area contributed by atoms with Gasteiger partial charge in [-0.3, -0.25) is 0 Å². The molecule has 1 aromatic heterocycles. The Morgan fingerprint density at radius 2 is 1.73 bits per heavy atom. The number of halogens is 5. The van der Waals surface area contributed by atoms with Crippen LogP contribution in [-0.2, 0) is 6.18 Å². The SMILES string of the molecule is Nc1ncc(C(F)F)c(C(F)(F)F)c1N. The molecule has 1 rings (SSSR count). The van der Waals surface area contributed by atoms with E-state index in [1.165, 1.54) is 0 Å². The fourth-order valence-corrected chi connectivity index (χ4v) is 1.04. The van der Waals surface area contributed by atoms with Gasteiger partial charge in [-0.25, -0.2) is 13.8 Å². The van der Waals surface area contributed by atoms with Gasteiger partial charge in [-0.1, -0.05) is 0 Å². The summed E-state index contributed by atoms with van der Waals surface area (Å²) in [6.07, 6.45) is -7.91. The third kappa shape index (κ3) is 2.08. The Bertz CT molecular complexity index is 374. The molecule has 0 unspecified atom stereocenters. The van der Waals surface area contributed by atoms with E-state index in [1.807, 2.05) is 0 Å². The molecule has 0 atom stereocenters. The Morgan fingerprint density at radius 3 is 2.13 bits per heavy atom. The fraction of sp³-hybridized carbons (Fsp3) is 0.286. The first-order chi connectivity index (χ1) is 6.75. The largest absolute Gasteiger partial charge is 0.419 e. The maximum Gasteiger partial charge on any atom is 0.419 e. The van der Waals surface area contributed by atoms with Crippen LogP contribution in [0.1, 0.15) is 17.6 Å². The topological polar surface area (TPSA) is 64.9 Å². The Kier molecular flexibility index (Phi) is 2.69. The number of alkyl halides is 5. The van der Waals surface area contributed by atoms with E-state index < -0.39 is 35.2 Å². The van der Waals surface area contributed by atoms with E-state index >= 15 is 0 Å². The zero-order valence-electron chi connectivity index (χ0n) is 7.15. The highest BCUT2D eigenvalue weighted by Crippen LogP contribution is 2.40. The van der Waals surface area contributed by atoms with Crippen LogP contribution in [0.3, 0.4) is 0 Å². The van der Waals surface area contributed by atoms with Gasteiger partial charge in [0.05, 0.1) is 16.8 Å². The molecule has 0 bridgehead atoms. The molecule has 0 aromatic carbocycles. The summed E-state index contributed by atoms with van der Waals surface area (Å²) in [5.41, 5.74) is 6.11. The number of nitrogens with two attached hydrogens (primary N) is 2. The normalized spacial score (nSPS) is 12.1. The summed E-state index contributed by atoms with van der Waals surface area (Å²) < 4.78 is 61.5. The van der Waals surface area contributed by atoms with Gasteiger partial charge in [0.25, 0.3) is 6.43 Å². The van der Waals surface area contributed by atoms with Gasteiger partial charge in [-0.2, -0.15) is 13.2 Å². The molecule has 0 amide bonds. The summed E-state index contributed by atoms with van der Waals surface area (Å²) in [4.78, 5) is 3.15. The number of nitrogen functional groups attached to an aromatic ring is 2. The van der Waals surface area contributed by atoms with Crippen LogP contribution < -0.4 is 11.5 Å². The van der Waals surface area contributed by atoms with E-state index in [2.05, 4.69) is 4.98 Å². The van der Waals surface area contributed by atoms with Crippen LogP contribution in [0.25, 0.3) is 0 Å². The lowest BCUT2D eigenvalue weighted by atomic mass is 10.1. The second-order valence-electron chi connectivity index (χ2n) is 2.69. The molecule has 4 N–H and O–H groups in total. The minimum Gasteiger partial charge on any atom is -0.395 e. The van der Waals surface area contributed by atoms with E-state index in [0.717, 1.165) is 0 Å². The molecule has 15 heavy (non-hydrogen) atoms. The van der Waals surface area contributed by atoms with Crippen LogP contribution in [0.5, 0.6) is 0 Å². The van der Waals surface area contributed by atoms with Gasteiger partial charge in [-0.15, -0.1) is 0 Å². The van der Waals surface area contributed by atoms with Crippen molar-refractivity contribution >= 4 is 11.5 Å². The van der Waals surface area contributed by atoms with Crippen molar-refractivity contribution < 1.29 is 22.0 Å². The van der Waals surface area contributed by atoms with Crippen molar-refractivity contribution in [1.82, 2.24) is 4.98 Å². The van der Waals surface area contributed by atoms with Crippen LogP contribution in [-0.4, -0.2) is 4.98 Å². The van der Waals surface area contributed by atoms with Crippen LogP contribution >= 0.6 is 0 Å². The molecule has 0 saturated carbocycles. The molecular formula is C7H6F5N3. The second-order valence-corrected chi connectivity index (χ2v) is 2.69. The summed E-state index contributed by atoms with van der Waals surface area (Å²) in [6, 6.07) is 0. The first-order valence-electron chi connectivity index (χ1n) is 3.64. The third-order valence-corrected chi connectivity index (χ3v) is 1.70. The monoisotopic (exact) mass is 227 g/mol. The zero-order valence-corrected chi connectivity index (χ0v) is 7.15. The van der Waals surface area contributed by atoms with Crippen molar-refractivity contribution in [3.05, 3.63) is 17.3 Å². The van der Waals surface area contributed by atoms with Gasteiger partial charge in [-0.05, 0) is 0 Å². The predicted octanol–water partition coefficient (Wildman–Crippen LogP) is 2.20. The molecule has 0 fully saturated rings. The molecule has 0 aliphatic carbocycles. The highest BCUT2D eigenvalue weighted by molar-refractivity contribution is 5.66. The van der Waals surface area contributed by atoms with Gasteiger partial charge in [0.2, 0.25) is 0 Å². The number of aromatic nitrogens is 1. The number of pyridine rings is 1. The average Bonchev–Trinajstić information content (AvgIpc) is 2.06. The van der Waals surface area contributed by atoms with Gasteiger partial charge in [0.15, 0.2) is 0 Å². The number of rotatable bonds is 1. The van der Waals surface area contributed by atoms with Crippen molar-refractivity contribution in [3.63, 3.8) is 0 Å². The summed E-state index contributed by atoms with van der Waals surface area (Å²) >= 11 is 0. The van der Waals surface area contributed by atoms with E-state index in [4.69, 9.17) is 11.5 Å². The Morgan fingerprint density at radius 1 is 1.20 bits per heavy atom. The first kappa shape index (κ1) is 11.5. The average molecular weight is 227 g/mol. The molecule has 0 aliphatic rings. The first-order valence-corrected chi connectivity index (χ1v) is 3.64. The third-order valence-electron chi connectivity index (χ3n) is 1.70. The smallest absolute Gasteiger partial charge is 0.395 e. The molecule has 1 aromatic rings. The number of hydrogen-bond donors (Lipinski definition) is 2. The molecular weight excluding hydrogens is 221 g/mol. The highest BCUT2D eigenvalue weighted by atomic mass is 19.4. The molecule has 84 valence electrons. The second kappa shape index (κ2) is 3.52. The molecule has 0 saturated heterocycles. The molecule has 3 nitrogen and oxygen atoms in total. The summed E-state index contributed by atoms with van der Waals surface area (Å²) in [7, 11) is 0. The lowest BCUT2D eigenvalue weighted by Gasteiger charge is -2.15. The van der Waals surface area contributed by atoms with Gasteiger partial charge in [0, 0.05) is 6.20 Å². The Labute approximate surface area is 80.9 Å². The lowest BCUT2D eigenvalue weighted by molar-refractivity contribution is -0.138. The lowest BCUT2D eigenvalue weighted by Crippen LogP contribution is -2.15. The minimum absolute atomic E-state index is 0.374. The maximum absolute atomic E-state index is 12.4.